The number of pyridine rings is 2. The lowest BCUT2D eigenvalue weighted by Crippen LogP contribution is -2.10. The van der Waals surface area contributed by atoms with Gasteiger partial charge in [-0.25, -0.2) is 14.2 Å². The van der Waals surface area contributed by atoms with Crippen molar-refractivity contribution in [2.75, 3.05) is 7.11 Å². The van der Waals surface area contributed by atoms with Crippen LogP contribution in [0.2, 0.25) is 0 Å². The molecule has 10 heteroatoms. The van der Waals surface area contributed by atoms with Crippen LogP contribution in [0.1, 0.15) is 23.9 Å². The quantitative estimate of drug-likeness (QED) is 0.401. The molecule has 158 valence electrons. The van der Waals surface area contributed by atoms with Gasteiger partial charge in [0.05, 0.1) is 18.8 Å². The molecule has 0 unspecified atom stereocenters. The summed E-state index contributed by atoms with van der Waals surface area (Å²) in [5.74, 6) is -1.08. The van der Waals surface area contributed by atoms with E-state index in [4.69, 9.17) is 9.47 Å². The van der Waals surface area contributed by atoms with Crippen molar-refractivity contribution in [1.29, 1.82) is 0 Å². The van der Waals surface area contributed by atoms with E-state index in [1.807, 2.05) is 6.92 Å². The van der Waals surface area contributed by atoms with E-state index in [1.165, 1.54) is 6.07 Å². The molecule has 30 heavy (non-hydrogen) atoms. The van der Waals surface area contributed by atoms with Gasteiger partial charge in [-0.15, -0.1) is 0 Å². The molecule has 0 aliphatic rings. The van der Waals surface area contributed by atoms with Gasteiger partial charge >= 0.3 is 12.3 Å². The van der Waals surface area contributed by atoms with Crippen molar-refractivity contribution >= 4 is 17.1 Å². The number of carbonyl (C=O) groups excluding carboxylic acids is 1. The minimum atomic E-state index is -4.60. The molecule has 0 radical (unpaired) electrons. The topological polar surface area (TPSA) is 70.5 Å². The number of benzene rings is 1. The highest BCUT2D eigenvalue weighted by Gasteiger charge is 2.32. The van der Waals surface area contributed by atoms with E-state index in [9.17, 15) is 22.4 Å². The molecule has 0 aliphatic carbocycles. The first-order valence-electron chi connectivity index (χ1n) is 8.73. The van der Waals surface area contributed by atoms with Crippen LogP contribution in [-0.2, 0) is 17.3 Å². The third-order valence-electron chi connectivity index (χ3n) is 4.27. The Morgan fingerprint density at radius 3 is 2.50 bits per heavy atom. The highest BCUT2D eigenvalue weighted by atomic mass is 19.4. The Balaban J connectivity index is 2.07. The molecule has 0 aliphatic heterocycles. The van der Waals surface area contributed by atoms with Gasteiger partial charge in [0.25, 0.3) is 0 Å². The molecule has 0 spiro atoms. The number of methoxy groups -OCH3 is 1. The van der Waals surface area contributed by atoms with E-state index in [0.717, 1.165) is 31.5 Å². The van der Waals surface area contributed by atoms with Gasteiger partial charge in [0.1, 0.15) is 17.2 Å². The molecular weight excluding hydrogens is 408 g/mol. The predicted molar refractivity (Wildman–Crippen MR) is 98.2 cm³/mol. The summed E-state index contributed by atoms with van der Waals surface area (Å²) in [6.07, 6.45) is -4.22. The molecule has 0 saturated heterocycles. The molecule has 1 aromatic carbocycles. The summed E-state index contributed by atoms with van der Waals surface area (Å²) < 4.78 is 67.6. The minimum Gasteiger partial charge on any atom is -0.453 e. The number of aryl methyl sites for hydroxylation is 1. The summed E-state index contributed by atoms with van der Waals surface area (Å²) >= 11 is 0. The summed E-state index contributed by atoms with van der Waals surface area (Å²) in [7, 11) is 1.15. The highest BCUT2D eigenvalue weighted by Crippen LogP contribution is 2.36. The first-order valence-corrected chi connectivity index (χ1v) is 8.73. The second-order valence-corrected chi connectivity index (χ2v) is 6.20. The number of alkyl halides is 3. The fourth-order valence-electron chi connectivity index (χ4n) is 2.79. The second-order valence-electron chi connectivity index (χ2n) is 6.20. The smallest absolute Gasteiger partial charge is 0.453 e. The van der Waals surface area contributed by atoms with Crippen molar-refractivity contribution < 1.29 is 36.6 Å². The zero-order chi connectivity index (χ0) is 22.1. The van der Waals surface area contributed by atoms with Crippen LogP contribution in [0.5, 0.6) is 17.2 Å². The standard InChI is InChI=1S/C20H16F4N2O4/c1-4-14-10(2)18(30-19(27)28-3)12-7-16(13(21)8-15(12)26-14)29-11-5-6-17(25-9-11)20(22,23)24/h5-9H,4H2,1-3H3. The van der Waals surface area contributed by atoms with E-state index in [2.05, 4.69) is 14.7 Å². The Bertz CT molecular complexity index is 1100. The van der Waals surface area contributed by atoms with Crippen LogP contribution in [0.15, 0.2) is 30.5 Å². The molecule has 0 N–H and O–H groups in total. The number of hydrogen-bond acceptors (Lipinski definition) is 6. The summed E-state index contributed by atoms with van der Waals surface area (Å²) in [6, 6.07) is 4.08. The van der Waals surface area contributed by atoms with E-state index >= 15 is 0 Å². The molecule has 0 atom stereocenters. The van der Waals surface area contributed by atoms with Gasteiger partial charge in [0.2, 0.25) is 0 Å². The molecule has 2 aromatic heterocycles. The highest BCUT2D eigenvalue weighted by molar-refractivity contribution is 5.90. The molecule has 0 amide bonds. The van der Waals surface area contributed by atoms with Crippen molar-refractivity contribution in [3.05, 3.63) is 53.2 Å². The van der Waals surface area contributed by atoms with Crippen LogP contribution < -0.4 is 9.47 Å². The molecule has 6 nitrogen and oxygen atoms in total. The third kappa shape index (κ3) is 4.27. The SMILES string of the molecule is CCc1nc2cc(F)c(Oc3ccc(C(F)(F)F)nc3)cc2c(OC(=O)OC)c1C. The van der Waals surface area contributed by atoms with Gasteiger partial charge < -0.3 is 14.2 Å². The third-order valence-corrected chi connectivity index (χ3v) is 4.27. The summed E-state index contributed by atoms with van der Waals surface area (Å²) in [4.78, 5) is 19.3. The zero-order valence-electron chi connectivity index (χ0n) is 16.1. The molecule has 0 fully saturated rings. The van der Waals surface area contributed by atoms with Crippen LogP contribution in [0.25, 0.3) is 10.9 Å². The van der Waals surface area contributed by atoms with Crippen LogP contribution in [0.3, 0.4) is 0 Å². The van der Waals surface area contributed by atoms with E-state index in [0.29, 0.717) is 17.7 Å². The largest absolute Gasteiger partial charge is 0.513 e. The summed E-state index contributed by atoms with van der Waals surface area (Å²) in [6.45, 7) is 3.53. The van der Waals surface area contributed by atoms with Crippen molar-refractivity contribution in [3.8, 4) is 17.2 Å². The van der Waals surface area contributed by atoms with Gasteiger partial charge in [0, 0.05) is 22.7 Å². The number of nitrogens with zero attached hydrogens (tertiary/aromatic N) is 2. The first kappa shape index (κ1) is 21.3. The van der Waals surface area contributed by atoms with Crippen LogP contribution in [0, 0.1) is 12.7 Å². The van der Waals surface area contributed by atoms with E-state index in [1.54, 1.807) is 6.92 Å². The number of halogens is 4. The lowest BCUT2D eigenvalue weighted by Gasteiger charge is -2.15. The number of ether oxygens (including phenoxy) is 3. The Labute approximate surface area is 168 Å². The Morgan fingerprint density at radius 1 is 1.20 bits per heavy atom. The molecule has 3 rings (SSSR count). The van der Waals surface area contributed by atoms with Crippen molar-refractivity contribution in [3.63, 3.8) is 0 Å². The Kier molecular flexibility index (Phi) is 5.77. The molecule has 0 bridgehead atoms. The monoisotopic (exact) mass is 424 g/mol. The number of hydrogen-bond donors (Lipinski definition) is 0. The van der Waals surface area contributed by atoms with Gasteiger partial charge in [-0.1, -0.05) is 6.92 Å². The van der Waals surface area contributed by atoms with Gasteiger partial charge in [-0.2, -0.15) is 13.2 Å². The average molecular weight is 424 g/mol. The number of fused-ring (bicyclic) bond motifs is 1. The summed E-state index contributed by atoms with van der Waals surface area (Å²) in [5.41, 5.74) is 0.270. The maximum absolute atomic E-state index is 14.6. The van der Waals surface area contributed by atoms with Crippen molar-refractivity contribution in [1.82, 2.24) is 9.97 Å². The van der Waals surface area contributed by atoms with Gasteiger partial charge in [-0.3, -0.25) is 4.98 Å². The lowest BCUT2D eigenvalue weighted by molar-refractivity contribution is -0.141. The van der Waals surface area contributed by atoms with E-state index < -0.39 is 23.8 Å². The van der Waals surface area contributed by atoms with Gasteiger partial charge in [0.15, 0.2) is 11.6 Å². The van der Waals surface area contributed by atoms with E-state index in [-0.39, 0.29) is 28.2 Å². The molecule has 0 saturated carbocycles. The molecular formula is C20H16F4N2O4. The zero-order valence-corrected chi connectivity index (χ0v) is 16.1. The van der Waals surface area contributed by atoms with Gasteiger partial charge in [-0.05, 0) is 31.5 Å². The fraction of sp³-hybridized carbons (Fsp3) is 0.250. The lowest BCUT2D eigenvalue weighted by atomic mass is 10.1. The Hall–Kier alpha value is -3.43. The maximum atomic E-state index is 14.6. The number of aromatic nitrogens is 2. The van der Waals surface area contributed by atoms with Crippen LogP contribution >= 0.6 is 0 Å². The van der Waals surface area contributed by atoms with Crippen molar-refractivity contribution in [2.45, 2.75) is 26.4 Å². The first-order chi connectivity index (χ1) is 14.1. The van der Waals surface area contributed by atoms with Crippen LogP contribution in [-0.4, -0.2) is 23.2 Å². The maximum Gasteiger partial charge on any atom is 0.513 e. The van der Waals surface area contributed by atoms with Crippen LogP contribution in [0.4, 0.5) is 22.4 Å². The summed E-state index contributed by atoms with van der Waals surface area (Å²) in [5, 5.41) is 0.270. The van der Waals surface area contributed by atoms with Crippen molar-refractivity contribution in [2.24, 2.45) is 0 Å². The predicted octanol–water partition coefficient (Wildman–Crippen LogP) is 5.60. The number of rotatable bonds is 4. The molecule has 3 aromatic rings. The average Bonchev–Trinajstić information content (AvgIpc) is 2.70. The Morgan fingerprint density at radius 2 is 1.93 bits per heavy atom. The normalized spacial score (nSPS) is 11.4. The second kappa shape index (κ2) is 8.13. The minimum absolute atomic E-state index is 0.105. The number of carbonyl (C=O) groups is 1. The fourth-order valence-corrected chi connectivity index (χ4v) is 2.79. The molecule has 2 heterocycles.